The molecule has 1 N–H and O–H groups in total. The van der Waals surface area contributed by atoms with Crippen LogP contribution in [-0.2, 0) is 10.0 Å². The summed E-state index contributed by atoms with van der Waals surface area (Å²) in [6.07, 6.45) is 12.0. The lowest BCUT2D eigenvalue weighted by molar-refractivity contribution is 0.284. The van der Waals surface area contributed by atoms with Crippen molar-refractivity contribution in [2.75, 3.05) is 25.0 Å². The summed E-state index contributed by atoms with van der Waals surface area (Å²) in [6, 6.07) is 10.2. The average molecular weight is 569 g/mol. The number of benzene rings is 1. The first-order valence-corrected chi connectivity index (χ1v) is 14.1. The number of halogens is 1. The Bertz CT molecular complexity index is 1470. The van der Waals surface area contributed by atoms with Gasteiger partial charge in [-0.25, -0.2) is 13.4 Å². The first-order chi connectivity index (χ1) is 17.2. The van der Waals surface area contributed by atoms with Crippen molar-refractivity contribution >= 4 is 37.4 Å². The van der Waals surface area contributed by atoms with Crippen molar-refractivity contribution in [3.05, 3.63) is 69.2 Å². The smallest absolute Gasteiger partial charge is 0.251 e. The first-order valence-electron chi connectivity index (χ1n) is 11.9. The maximum Gasteiger partial charge on any atom is 0.251 e. The van der Waals surface area contributed by atoms with Gasteiger partial charge in [-0.15, -0.1) is 6.42 Å². The molecule has 0 atom stereocenters. The number of aromatic nitrogens is 3. The number of rotatable bonds is 7. The van der Waals surface area contributed by atoms with E-state index in [0.717, 1.165) is 51.2 Å². The summed E-state index contributed by atoms with van der Waals surface area (Å²) in [7, 11) is -3.66. The second-order valence-corrected chi connectivity index (χ2v) is 12.0. The molecule has 188 valence electrons. The van der Waals surface area contributed by atoms with Crippen molar-refractivity contribution < 1.29 is 8.42 Å². The highest BCUT2D eigenvalue weighted by atomic mass is 79.9. The summed E-state index contributed by atoms with van der Waals surface area (Å²) in [5, 5.41) is 8.01. The van der Waals surface area contributed by atoms with Crippen LogP contribution in [0.4, 0.5) is 5.82 Å². The van der Waals surface area contributed by atoms with Gasteiger partial charge in [0.2, 0.25) is 0 Å². The van der Waals surface area contributed by atoms with Crippen molar-refractivity contribution in [1.29, 1.82) is 0 Å². The van der Waals surface area contributed by atoms with Crippen molar-refractivity contribution in [3.63, 3.8) is 0 Å². The van der Waals surface area contributed by atoms with E-state index >= 15 is 0 Å². The minimum Gasteiger partial charge on any atom is -0.370 e. The van der Waals surface area contributed by atoms with Crippen LogP contribution in [0.15, 0.2) is 63.6 Å². The van der Waals surface area contributed by atoms with E-state index in [-0.39, 0.29) is 4.91 Å². The monoisotopic (exact) mass is 567 g/mol. The summed E-state index contributed by atoms with van der Waals surface area (Å²) in [5.74, 6) is 3.51. The molecule has 1 aromatic carbocycles. The van der Waals surface area contributed by atoms with E-state index in [9.17, 15) is 8.42 Å². The summed E-state index contributed by atoms with van der Waals surface area (Å²) < 4.78 is 30.1. The predicted octanol–water partition coefficient (Wildman–Crippen LogP) is 5.40. The van der Waals surface area contributed by atoms with E-state index in [1.807, 2.05) is 32.0 Å². The molecule has 4 rings (SSSR count). The standard InChI is InChI=1S/C27H30BrN5O2S/c1-5-22(11-10-19(2)3)36(34,35)32-14-12-21(13-15-32)17-29-26-16-25(23-9-7-6-8-20(23)4)31-27-24(28)18-30-33(26)27/h1,6-11,16,18,21,29H,12-15,17H2,2-4H3/b22-11+. The van der Waals surface area contributed by atoms with Gasteiger partial charge in [-0.1, -0.05) is 41.8 Å². The summed E-state index contributed by atoms with van der Waals surface area (Å²) in [4.78, 5) is 4.83. The second-order valence-electron chi connectivity index (χ2n) is 9.22. The summed E-state index contributed by atoms with van der Waals surface area (Å²) in [6.45, 7) is 7.46. The molecule has 2 aromatic heterocycles. The van der Waals surface area contributed by atoms with Crippen LogP contribution in [0.2, 0.25) is 0 Å². The Hall–Kier alpha value is -2.93. The number of nitrogens with zero attached hydrogens (tertiary/aromatic N) is 4. The van der Waals surface area contributed by atoms with E-state index < -0.39 is 10.0 Å². The lowest BCUT2D eigenvalue weighted by Gasteiger charge is -2.31. The van der Waals surface area contributed by atoms with Gasteiger partial charge < -0.3 is 5.32 Å². The molecule has 36 heavy (non-hydrogen) atoms. The van der Waals surface area contributed by atoms with Gasteiger partial charge >= 0.3 is 0 Å². The lowest BCUT2D eigenvalue weighted by Crippen LogP contribution is -2.40. The molecule has 9 heteroatoms. The Morgan fingerprint density at radius 3 is 2.64 bits per heavy atom. The van der Waals surface area contributed by atoms with Gasteiger partial charge in [-0.2, -0.15) is 13.9 Å². The number of anilines is 1. The number of hydrogen-bond acceptors (Lipinski definition) is 5. The Balaban J connectivity index is 1.48. The molecule has 1 saturated heterocycles. The predicted molar refractivity (Wildman–Crippen MR) is 149 cm³/mol. The zero-order valence-electron chi connectivity index (χ0n) is 20.7. The second kappa shape index (κ2) is 11.0. The van der Waals surface area contributed by atoms with Crippen LogP contribution in [0.3, 0.4) is 0 Å². The molecule has 1 aliphatic rings. The largest absolute Gasteiger partial charge is 0.370 e. The molecule has 1 fully saturated rings. The number of hydrogen-bond donors (Lipinski definition) is 1. The molecule has 0 saturated carbocycles. The lowest BCUT2D eigenvalue weighted by atomic mass is 9.98. The number of piperidine rings is 1. The van der Waals surface area contributed by atoms with E-state index in [1.54, 1.807) is 16.8 Å². The highest BCUT2D eigenvalue weighted by Gasteiger charge is 2.30. The normalized spacial score (nSPS) is 15.6. The molecule has 0 spiro atoms. The zero-order valence-corrected chi connectivity index (χ0v) is 23.1. The Labute approximate surface area is 221 Å². The quantitative estimate of drug-likeness (QED) is 0.305. The van der Waals surface area contributed by atoms with Crippen LogP contribution in [0, 0.1) is 25.2 Å². The number of allylic oxidation sites excluding steroid dienone is 4. The van der Waals surface area contributed by atoms with Crippen LogP contribution in [0.1, 0.15) is 32.3 Å². The van der Waals surface area contributed by atoms with Gasteiger partial charge in [0.25, 0.3) is 10.0 Å². The van der Waals surface area contributed by atoms with E-state index in [1.165, 1.54) is 10.4 Å². The SMILES string of the molecule is C#C/C(=C\C=C(C)C)S(=O)(=O)N1CCC(CNc2cc(-c3ccccc3C)nc3c(Br)cnn23)CC1. The van der Waals surface area contributed by atoms with E-state index in [4.69, 9.17) is 11.4 Å². The number of sulfonamides is 1. The molecular formula is C27H30BrN5O2S. The molecule has 7 nitrogen and oxygen atoms in total. The molecule has 0 unspecified atom stereocenters. The molecule has 0 amide bonds. The minimum atomic E-state index is -3.66. The average Bonchev–Trinajstić information content (AvgIpc) is 3.24. The molecule has 3 heterocycles. The molecule has 0 bridgehead atoms. The van der Waals surface area contributed by atoms with Crippen LogP contribution in [0.5, 0.6) is 0 Å². The fourth-order valence-electron chi connectivity index (χ4n) is 4.25. The Kier molecular flexibility index (Phi) is 7.98. The number of terminal acetylenes is 1. The topological polar surface area (TPSA) is 79.6 Å². The van der Waals surface area contributed by atoms with Gasteiger partial charge in [0.15, 0.2) is 5.65 Å². The van der Waals surface area contributed by atoms with Crippen LogP contribution in [0.25, 0.3) is 16.9 Å². The van der Waals surface area contributed by atoms with Gasteiger partial charge in [-0.05, 0) is 67.1 Å². The maximum absolute atomic E-state index is 13.0. The van der Waals surface area contributed by atoms with Crippen molar-refractivity contribution in [3.8, 4) is 23.6 Å². The van der Waals surface area contributed by atoms with Crippen LogP contribution in [-0.4, -0.2) is 47.0 Å². The Morgan fingerprint density at radius 1 is 1.25 bits per heavy atom. The van der Waals surface area contributed by atoms with Gasteiger partial charge in [0.05, 0.1) is 16.4 Å². The number of aryl methyl sites for hydroxylation is 1. The number of nitrogens with one attached hydrogen (secondary N) is 1. The van der Waals surface area contributed by atoms with Crippen molar-refractivity contribution in [2.24, 2.45) is 5.92 Å². The van der Waals surface area contributed by atoms with Gasteiger partial charge in [0, 0.05) is 31.3 Å². The van der Waals surface area contributed by atoms with Crippen molar-refractivity contribution in [1.82, 2.24) is 18.9 Å². The third-order valence-corrected chi connectivity index (χ3v) is 8.74. The molecule has 0 radical (unpaired) electrons. The Morgan fingerprint density at radius 2 is 1.97 bits per heavy atom. The fraction of sp³-hybridized carbons (Fsp3) is 0.333. The third-order valence-electron chi connectivity index (χ3n) is 6.32. The highest BCUT2D eigenvalue weighted by molar-refractivity contribution is 9.10. The highest BCUT2D eigenvalue weighted by Crippen LogP contribution is 2.29. The number of fused-ring (bicyclic) bond motifs is 1. The summed E-state index contributed by atoms with van der Waals surface area (Å²) in [5.41, 5.74) is 4.82. The first kappa shape index (κ1) is 26.1. The maximum atomic E-state index is 13.0. The summed E-state index contributed by atoms with van der Waals surface area (Å²) >= 11 is 3.56. The molecule has 1 aliphatic heterocycles. The fourth-order valence-corrected chi connectivity index (χ4v) is 5.96. The molecular weight excluding hydrogens is 538 g/mol. The molecule has 3 aromatic rings. The van der Waals surface area contributed by atoms with Crippen LogP contribution < -0.4 is 5.32 Å². The van der Waals surface area contributed by atoms with Crippen LogP contribution >= 0.6 is 15.9 Å². The van der Waals surface area contributed by atoms with Gasteiger partial charge in [-0.3, -0.25) is 0 Å². The van der Waals surface area contributed by atoms with E-state index in [0.29, 0.717) is 25.6 Å². The van der Waals surface area contributed by atoms with Gasteiger partial charge in [0.1, 0.15) is 10.7 Å². The van der Waals surface area contributed by atoms with E-state index in [2.05, 4.69) is 51.3 Å². The third kappa shape index (κ3) is 5.56. The minimum absolute atomic E-state index is 0.00690. The van der Waals surface area contributed by atoms with Crippen molar-refractivity contribution in [2.45, 2.75) is 33.6 Å². The molecule has 0 aliphatic carbocycles. The zero-order chi connectivity index (χ0) is 25.9.